The van der Waals surface area contributed by atoms with Crippen LogP contribution in [0.1, 0.15) is 49.5 Å². The zero-order valence-corrected chi connectivity index (χ0v) is 18.0. The van der Waals surface area contributed by atoms with Crippen LogP contribution >= 0.6 is 0 Å². The Kier molecular flexibility index (Phi) is 6.15. The molecule has 2 amide bonds. The van der Waals surface area contributed by atoms with E-state index in [0.29, 0.717) is 17.7 Å². The highest BCUT2D eigenvalue weighted by Crippen LogP contribution is 2.24. The first-order chi connectivity index (χ1) is 14.6. The molecule has 31 heavy (non-hydrogen) atoms. The van der Waals surface area contributed by atoms with E-state index in [2.05, 4.69) is 10.4 Å². The number of rotatable bonds is 7. The van der Waals surface area contributed by atoms with Crippen LogP contribution in [0.25, 0.3) is 11.7 Å². The summed E-state index contributed by atoms with van der Waals surface area (Å²) in [7, 11) is 1.52. The number of hydrogen-bond donors (Lipinski definition) is 2. The van der Waals surface area contributed by atoms with Crippen LogP contribution in [0.5, 0.6) is 5.88 Å². The predicted molar refractivity (Wildman–Crippen MR) is 113 cm³/mol. The van der Waals surface area contributed by atoms with Crippen LogP contribution in [0.3, 0.4) is 0 Å². The fraction of sp³-hybridized carbons (Fsp3) is 0.476. The summed E-state index contributed by atoms with van der Waals surface area (Å²) in [5.74, 6) is -1.44. The normalized spacial score (nSPS) is 14.0. The molecule has 0 unspecified atom stereocenters. The SMILES string of the molecule is C/C(=C\c1cnn2c(O)c(C(=O)NC3CC3)c(=O)n(CC(C)C)c12)C(=O)N(C)CC#N. The molecule has 2 aromatic heterocycles. The summed E-state index contributed by atoms with van der Waals surface area (Å²) in [4.78, 5) is 39.6. The molecule has 0 bridgehead atoms. The van der Waals surface area contributed by atoms with E-state index in [1.165, 1.54) is 22.7 Å². The molecule has 1 aliphatic rings. The largest absolute Gasteiger partial charge is 0.492 e. The van der Waals surface area contributed by atoms with E-state index in [-0.39, 0.29) is 35.6 Å². The fourth-order valence-electron chi connectivity index (χ4n) is 3.31. The molecule has 0 saturated heterocycles. The third-order valence-corrected chi connectivity index (χ3v) is 4.96. The lowest BCUT2D eigenvalue weighted by Gasteiger charge is -2.16. The van der Waals surface area contributed by atoms with E-state index < -0.39 is 17.3 Å². The van der Waals surface area contributed by atoms with Gasteiger partial charge in [-0.3, -0.25) is 19.0 Å². The number of hydrogen-bond acceptors (Lipinski definition) is 6. The Hall–Kier alpha value is -3.61. The second kappa shape index (κ2) is 8.63. The average Bonchev–Trinajstić information content (AvgIpc) is 3.41. The lowest BCUT2D eigenvalue weighted by atomic mass is 10.1. The molecule has 1 aliphatic carbocycles. The van der Waals surface area contributed by atoms with Crippen molar-refractivity contribution in [1.29, 1.82) is 5.26 Å². The van der Waals surface area contributed by atoms with Crippen molar-refractivity contribution in [2.75, 3.05) is 13.6 Å². The van der Waals surface area contributed by atoms with Crippen molar-refractivity contribution in [3.8, 4) is 11.9 Å². The third-order valence-electron chi connectivity index (χ3n) is 4.96. The molecule has 3 rings (SSSR count). The van der Waals surface area contributed by atoms with Crippen molar-refractivity contribution in [3.63, 3.8) is 0 Å². The number of aromatic nitrogens is 3. The van der Waals surface area contributed by atoms with Crippen LogP contribution in [0.15, 0.2) is 16.6 Å². The third kappa shape index (κ3) is 4.45. The number of carbonyl (C=O) groups excluding carboxylic acids is 2. The van der Waals surface area contributed by atoms with Crippen LogP contribution < -0.4 is 10.9 Å². The van der Waals surface area contributed by atoms with Crippen LogP contribution in [-0.4, -0.2) is 55.6 Å². The monoisotopic (exact) mass is 426 g/mol. The molecule has 2 heterocycles. The maximum Gasteiger partial charge on any atom is 0.270 e. The van der Waals surface area contributed by atoms with Crippen molar-refractivity contribution >= 4 is 23.5 Å². The Morgan fingerprint density at radius 1 is 1.45 bits per heavy atom. The first-order valence-electron chi connectivity index (χ1n) is 10.1. The van der Waals surface area contributed by atoms with E-state index >= 15 is 0 Å². The van der Waals surface area contributed by atoms with Crippen LogP contribution in [-0.2, 0) is 11.3 Å². The summed E-state index contributed by atoms with van der Waals surface area (Å²) in [5.41, 5.74) is 0.108. The van der Waals surface area contributed by atoms with Gasteiger partial charge in [0.05, 0.1) is 12.3 Å². The molecule has 0 aliphatic heterocycles. The van der Waals surface area contributed by atoms with Crippen LogP contribution in [0, 0.1) is 17.2 Å². The van der Waals surface area contributed by atoms with Crippen molar-refractivity contribution in [1.82, 2.24) is 24.4 Å². The van der Waals surface area contributed by atoms with Gasteiger partial charge in [-0.1, -0.05) is 13.8 Å². The van der Waals surface area contributed by atoms with Gasteiger partial charge in [-0.15, -0.1) is 0 Å². The van der Waals surface area contributed by atoms with Gasteiger partial charge in [0.15, 0.2) is 5.56 Å². The zero-order valence-electron chi connectivity index (χ0n) is 18.0. The van der Waals surface area contributed by atoms with Gasteiger partial charge in [-0.05, 0) is 31.8 Å². The Labute approximate surface area is 179 Å². The number of nitriles is 1. The van der Waals surface area contributed by atoms with Gasteiger partial charge in [-0.25, -0.2) is 0 Å². The Balaban J connectivity index is 2.16. The molecular weight excluding hydrogens is 400 g/mol. The highest BCUT2D eigenvalue weighted by atomic mass is 16.3. The first-order valence-corrected chi connectivity index (χ1v) is 10.1. The van der Waals surface area contributed by atoms with Gasteiger partial charge in [0.1, 0.15) is 12.2 Å². The van der Waals surface area contributed by atoms with Gasteiger partial charge >= 0.3 is 0 Å². The number of nitrogens with one attached hydrogen (secondary N) is 1. The molecule has 0 atom stereocenters. The maximum atomic E-state index is 13.2. The maximum absolute atomic E-state index is 13.2. The topological polar surface area (TPSA) is 133 Å². The second-order valence-electron chi connectivity index (χ2n) is 8.24. The smallest absolute Gasteiger partial charge is 0.270 e. The van der Waals surface area contributed by atoms with Gasteiger partial charge in [0.2, 0.25) is 11.8 Å². The molecule has 2 aromatic rings. The number of nitrogens with zero attached hydrogens (tertiary/aromatic N) is 5. The highest BCUT2D eigenvalue weighted by molar-refractivity contribution is 5.99. The summed E-state index contributed by atoms with van der Waals surface area (Å²) < 4.78 is 2.55. The van der Waals surface area contributed by atoms with E-state index in [9.17, 15) is 19.5 Å². The predicted octanol–water partition coefficient (Wildman–Crippen LogP) is 1.14. The number of fused-ring (bicyclic) bond motifs is 1. The number of likely N-dealkylation sites (N-methyl/N-ethyl adjacent to an activating group) is 1. The van der Waals surface area contributed by atoms with Crippen LogP contribution in [0.2, 0.25) is 0 Å². The molecule has 2 N–H and O–H groups in total. The van der Waals surface area contributed by atoms with E-state index in [1.807, 2.05) is 19.9 Å². The molecule has 0 radical (unpaired) electrons. The summed E-state index contributed by atoms with van der Waals surface area (Å²) in [5, 5.41) is 26.4. The lowest BCUT2D eigenvalue weighted by Crippen LogP contribution is -2.36. The highest BCUT2D eigenvalue weighted by Gasteiger charge is 2.30. The molecular formula is C21H26N6O4. The first kappa shape index (κ1) is 22.1. The molecule has 0 spiro atoms. The second-order valence-corrected chi connectivity index (χ2v) is 8.24. The summed E-state index contributed by atoms with van der Waals surface area (Å²) >= 11 is 0. The van der Waals surface area contributed by atoms with E-state index in [4.69, 9.17) is 5.26 Å². The van der Waals surface area contributed by atoms with Gasteiger partial charge in [0, 0.05) is 30.8 Å². The molecule has 1 fully saturated rings. The Morgan fingerprint density at radius 2 is 2.13 bits per heavy atom. The molecule has 10 heteroatoms. The Bertz CT molecular complexity index is 1160. The van der Waals surface area contributed by atoms with Crippen LogP contribution in [0.4, 0.5) is 0 Å². The van der Waals surface area contributed by atoms with Crippen molar-refractivity contribution in [2.24, 2.45) is 5.92 Å². The average molecular weight is 426 g/mol. The van der Waals surface area contributed by atoms with Crippen molar-refractivity contribution < 1.29 is 14.7 Å². The van der Waals surface area contributed by atoms with Gasteiger partial charge in [0.25, 0.3) is 11.5 Å². The zero-order chi connectivity index (χ0) is 22.9. The van der Waals surface area contributed by atoms with E-state index in [0.717, 1.165) is 17.4 Å². The lowest BCUT2D eigenvalue weighted by molar-refractivity contribution is -0.125. The number of carbonyl (C=O) groups is 2. The van der Waals surface area contributed by atoms with Gasteiger partial charge in [-0.2, -0.15) is 14.9 Å². The number of amides is 2. The fourth-order valence-corrected chi connectivity index (χ4v) is 3.31. The summed E-state index contributed by atoms with van der Waals surface area (Å²) in [6.45, 7) is 5.69. The molecule has 164 valence electrons. The van der Waals surface area contributed by atoms with Crippen molar-refractivity contribution in [2.45, 2.75) is 46.2 Å². The standard InChI is InChI=1S/C21H26N6O4/c1-12(2)11-26-18-14(9-13(3)19(29)25(4)8-7-22)10-23-27(18)21(31)16(20(26)30)17(28)24-15-5-6-15/h9-10,12,15,31H,5-6,8,11H2,1-4H3,(H,24,28)/b13-9+. The summed E-state index contributed by atoms with van der Waals surface area (Å²) in [6.07, 6.45) is 4.67. The summed E-state index contributed by atoms with van der Waals surface area (Å²) in [6, 6.07) is 1.94. The Morgan fingerprint density at radius 3 is 2.71 bits per heavy atom. The quantitative estimate of drug-likeness (QED) is 0.504. The molecule has 10 nitrogen and oxygen atoms in total. The van der Waals surface area contributed by atoms with Crippen molar-refractivity contribution in [3.05, 3.63) is 33.3 Å². The van der Waals surface area contributed by atoms with Gasteiger partial charge < -0.3 is 15.3 Å². The minimum Gasteiger partial charge on any atom is -0.492 e. The minimum absolute atomic E-state index is 0.0238. The van der Waals surface area contributed by atoms with E-state index in [1.54, 1.807) is 13.0 Å². The number of aromatic hydroxyl groups is 1. The minimum atomic E-state index is -0.624. The molecule has 0 aromatic carbocycles. The molecule has 1 saturated carbocycles.